The predicted molar refractivity (Wildman–Crippen MR) is 142 cm³/mol. The fourth-order valence-corrected chi connectivity index (χ4v) is 4.77. The smallest absolute Gasteiger partial charge is 0.239 e. The van der Waals surface area contributed by atoms with Crippen LogP contribution in [0.1, 0.15) is 26.2 Å². The van der Waals surface area contributed by atoms with Gasteiger partial charge in [0, 0.05) is 39.1 Å². The number of ether oxygens (including phenoxy) is 1. The van der Waals surface area contributed by atoms with Gasteiger partial charge in [-0.05, 0) is 50.6 Å². The fourth-order valence-electron chi connectivity index (χ4n) is 4.77. The van der Waals surface area contributed by atoms with Crippen LogP contribution in [0.25, 0.3) is 0 Å². The van der Waals surface area contributed by atoms with Crippen molar-refractivity contribution in [1.82, 2.24) is 15.1 Å². The Bertz CT molecular complexity index is 997. The molecule has 1 N–H and O–H groups in total. The van der Waals surface area contributed by atoms with Crippen LogP contribution >= 0.6 is 0 Å². The van der Waals surface area contributed by atoms with Gasteiger partial charge in [0.1, 0.15) is 12.4 Å². The van der Waals surface area contributed by atoms with Crippen molar-refractivity contribution >= 4 is 17.5 Å². The van der Waals surface area contributed by atoms with Crippen molar-refractivity contribution in [3.63, 3.8) is 0 Å². The van der Waals surface area contributed by atoms with E-state index in [9.17, 15) is 9.59 Å². The molecule has 2 amide bonds. The first-order chi connectivity index (χ1) is 18.1. The van der Waals surface area contributed by atoms with E-state index in [1.807, 2.05) is 55.5 Å². The van der Waals surface area contributed by atoms with E-state index in [0.717, 1.165) is 56.3 Å². The molecule has 37 heavy (non-hydrogen) atoms. The normalized spacial score (nSPS) is 18.3. The Morgan fingerprint density at radius 1 is 1.00 bits per heavy atom. The van der Waals surface area contributed by atoms with Crippen molar-refractivity contribution in [2.24, 2.45) is 0 Å². The van der Waals surface area contributed by atoms with Crippen molar-refractivity contribution in [2.75, 3.05) is 63.9 Å². The van der Waals surface area contributed by atoms with Crippen LogP contribution < -0.4 is 15.0 Å². The third kappa shape index (κ3) is 7.92. The molecule has 2 aliphatic heterocycles. The molecular weight excluding hydrogens is 472 g/mol. The molecule has 4 rings (SSSR count). The number of nitrogens with one attached hydrogen (secondary N) is 1. The molecule has 0 aliphatic carbocycles. The Balaban J connectivity index is 1.15. The van der Waals surface area contributed by atoms with Gasteiger partial charge < -0.3 is 19.9 Å². The highest BCUT2D eigenvalue weighted by molar-refractivity contribution is 5.86. The van der Waals surface area contributed by atoms with E-state index in [1.165, 1.54) is 0 Å². The summed E-state index contributed by atoms with van der Waals surface area (Å²) in [7, 11) is 0. The first-order valence-electron chi connectivity index (χ1n) is 13.2. The van der Waals surface area contributed by atoms with E-state index in [0.29, 0.717) is 32.6 Å². The lowest BCUT2D eigenvalue weighted by Crippen LogP contribution is -2.47. The van der Waals surface area contributed by atoms with Gasteiger partial charge in [-0.2, -0.15) is 0 Å². The van der Waals surface area contributed by atoms with Crippen LogP contribution in [-0.2, 0) is 19.4 Å². The lowest BCUT2D eigenvalue weighted by molar-refractivity contribution is -0.296. The molecule has 0 radical (unpaired) electrons. The van der Waals surface area contributed by atoms with Crippen LogP contribution in [0.3, 0.4) is 0 Å². The highest BCUT2D eigenvalue weighted by atomic mass is 17.2. The molecule has 2 aromatic rings. The maximum atomic E-state index is 12.4. The summed E-state index contributed by atoms with van der Waals surface area (Å²) < 4.78 is 6.14. The Kier molecular flexibility index (Phi) is 10.2. The Morgan fingerprint density at radius 2 is 1.76 bits per heavy atom. The standard InChI is InChI=1S/C28H38N4O5/c1-2-35-36-22-23-13-14-28(34)32(23)21-27(33)29-15-8-16-30-17-19-31(20-18-30)25-11-6-7-12-26(25)37-24-9-4-3-5-10-24/h3-7,9-12,23H,2,8,13-22H2,1H3,(H,29,33). The Morgan fingerprint density at radius 3 is 2.54 bits per heavy atom. The minimum atomic E-state index is -0.128. The van der Waals surface area contributed by atoms with E-state index >= 15 is 0 Å². The summed E-state index contributed by atoms with van der Waals surface area (Å²) in [5, 5.41) is 2.96. The summed E-state index contributed by atoms with van der Waals surface area (Å²) in [6.45, 7) is 7.92. The SMILES string of the molecule is CCOOCC1CCC(=O)N1CC(=O)NCCCN1CCN(c2ccccc2Oc2ccccc2)CC1. The summed E-state index contributed by atoms with van der Waals surface area (Å²) in [5.41, 5.74) is 1.11. The predicted octanol–water partition coefficient (Wildman–Crippen LogP) is 3.07. The van der Waals surface area contributed by atoms with Gasteiger partial charge in [-0.15, -0.1) is 0 Å². The van der Waals surface area contributed by atoms with Crippen molar-refractivity contribution < 1.29 is 24.1 Å². The van der Waals surface area contributed by atoms with Crippen molar-refractivity contribution in [3.8, 4) is 11.5 Å². The summed E-state index contributed by atoms with van der Waals surface area (Å²) >= 11 is 0. The van der Waals surface area contributed by atoms with Gasteiger partial charge in [0.15, 0.2) is 5.75 Å². The molecule has 9 heteroatoms. The van der Waals surface area contributed by atoms with Gasteiger partial charge in [0.05, 0.1) is 24.9 Å². The number of carbonyl (C=O) groups excluding carboxylic acids is 2. The Hall–Kier alpha value is -3.14. The van der Waals surface area contributed by atoms with Crippen molar-refractivity contribution in [3.05, 3.63) is 54.6 Å². The molecular formula is C28H38N4O5. The van der Waals surface area contributed by atoms with Gasteiger partial charge in [0.2, 0.25) is 11.8 Å². The summed E-state index contributed by atoms with van der Waals surface area (Å²) in [5.74, 6) is 1.57. The number of rotatable bonds is 13. The number of likely N-dealkylation sites (tertiary alicyclic amines) is 1. The monoisotopic (exact) mass is 510 g/mol. The average Bonchev–Trinajstić information content (AvgIpc) is 3.27. The highest BCUT2D eigenvalue weighted by Gasteiger charge is 2.32. The van der Waals surface area contributed by atoms with Gasteiger partial charge in [-0.25, -0.2) is 9.78 Å². The van der Waals surface area contributed by atoms with E-state index in [2.05, 4.69) is 21.2 Å². The largest absolute Gasteiger partial charge is 0.455 e. The first-order valence-corrected chi connectivity index (χ1v) is 13.2. The topological polar surface area (TPSA) is 83.6 Å². The zero-order valence-corrected chi connectivity index (χ0v) is 21.6. The molecule has 1 atom stereocenters. The zero-order chi connectivity index (χ0) is 25.9. The number of hydrogen-bond acceptors (Lipinski definition) is 7. The number of hydrogen-bond donors (Lipinski definition) is 1. The summed E-state index contributed by atoms with van der Waals surface area (Å²) in [6.07, 6.45) is 2.00. The number of para-hydroxylation sites is 3. The van der Waals surface area contributed by atoms with Crippen LogP contribution in [0.15, 0.2) is 54.6 Å². The van der Waals surface area contributed by atoms with Crippen molar-refractivity contribution in [2.45, 2.75) is 32.2 Å². The number of carbonyl (C=O) groups is 2. The van der Waals surface area contributed by atoms with Gasteiger partial charge in [-0.3, -0.25) is 14.5 Å². The van der Waals surface area contributed by atoms with Gasteiger partial charge >= 0.3 is 0 Å². The van der Waals surface area contributed by atoms with Crippen LogP contribution in [0.4, 0.5) is 5.69 Å². The maximum absolute atomic E-state index is 12.4. The first kappa shape index (κ1) is 26.9. The third-order valence-corrected chi connectivity index (χ3v) is 6.75. The zero-order valence-electron chi connectivity index (χ0n) is 21.6. The number of amides is 2. The molecule has 2 aliphatic rings. The second-order valence-corrected chi connectivity index (χ2v) is 9.32. The van der Waals surface area contributed by atoms with E-state index in [1.54, 1.807) is 4.90 Å². The van der Waals surface area contributed by atoms with E-state index < -0.39 is 0 Å². The Labute approximate surface area is 219 Å². The average molecular weight is 511 g/mol. The molecule has 9 nitrogen and oxygen atoms in total. The molecule has 2 heterocycles. The van der Waals surface area contributed by atoms with Crippen LogP contribution in [-0.4, -0.2) is 86.7 Å². The second kappa shape index (κ2) is 14.0. The third-order valence-electron chi connectivity index (χ3n) is 6.75. The van der Waals surface area contributed by atoms with E-state index in [4.69, 9.17) is 14.5 Å². The van der Waals surface area contributed by atoms with E-state index in [-0.39, 0.29) is 24.4 Å². The molecule has 0 saturated carbocycles. The molecule has 2 aromatic carbocycles. The number of piperazine rings is 1. The fraction of sp³-hybridized carbons (Fsp3) is 0.500. The van der Waals surface area contributed by atoms with Crippen molar-refractivity contribution in [1.29, 1.82) is 0 Å². The molecule has 200 valence electrons. The minimum Gasteiger partial charge on any atom is -0.455 e. The number of nitrogens with zero attached hydrogens (tertiary/aromatic N) is 3. The molecule has 2 saturated heterocycles. The molecule has 0 bridgehead atoms. The summed E-state index contributed by atoms with van der Waals surface area (Å²) in [6, 6.07) is 17.9. The number of anilines is 1. The van der Waals surface area contributed by atoms with Gasteiger partial charge in [-0.1, -0.05) is 30.3 Å². The minimum absolute atomic E-state index is 0.00568. The lowest BCUT2D eigenvalue weighted by Gasteiger charge is -2.36. The lowest BCUT2D eigenvalue weighted by atomic mass is 10.2. The molecule has 2 fully saturated rings. The van der Waals surface area contributed by atoms with Crippen LogP contribution in [0.5, 0.6) is 11.5 Å². The summed E-state index contributed by atoms with van der Waals surface area (Å²) in [4.78, 5) is 41.0. The molecule has 0 spiro atoms. The maximum Gasteiger partial charge on any atom is 0.239 e. The highest BCUT2D eigenvalue weighted by Crippen LogP contribution is 2.32. The van der Waals surface area contributed by atoms with Crippen LogP contribution in [0, 0.1) is 0 Å². The van der Waals surface area contributed by atoms with Gasteiger partial charge in [0.25, 0.3) is 0 Å². The molecule has 1 unspecified atom stereocenters. The second-order valence-electron chi connectivity index (χ2n) is 9.32. The quantitative estimate of drug-likeness (QED) is 0.252. The number of benzene rings is 2. The van der Waals surface area contributed by atoms with Crippen LogP contribution in [0.2, 0.25) is 0 Å². The molecule has 0 aromatic heterocycles.